The number of rotatable bonds is 4. The summed E-state index contributed by atoms with van der Waals surface area (Å²) in [6, 6.07) is 2.62. The van der Waals surface area contributed by atoms with E-state index in [1.807, 2.05) is 0 Å². The molecular weight excluding hydrogens is 277 g/mol. The summed E-state index contributed by atoms with van der Waals surface area (Å²) < 4.78 is 17.3. The van der Waals surface area contributed by atoms with Crippen LogP contribution >= 0.6 is 0 Å². The maximum Gasteiger partial charge on any atom is 0.306 e. The van der Waals surface area contributed by atoms with Gasteiger partial charge in [0, 0.05) is 38.9 Å². The molecule has 0 spiro atoms. The third-order valence-corrected chi connectivity index (χ3v) is 3.49. The molecule has 1 amide bonds. The van der Waals surface area contributed by atoms with Gasteiger partial charge in [0.05, 0.1) is 19.1 Å². The van der Waals surface area contributed by atoms with Gasteiger partial charge in [-0.25, -0.2) is 4.98 Å². The minimum atomic E-state index is -0.598. The number of carbonyl (C=O) groups excluding carboxylic acids is 2. The number of piperazine rings is 1. The Kier molecular flexibility index (Phi) is 5.21. The fourth-order valence-corrected chi connectivity index (χ4v) is 2.21. The second kappa shape index (κ2) is 7.12. The van der Waals surface area contributed by atoms with Crippen LogP contribution < -0.4 is 0 Å². The summed E-state index contributed by atoms with van der Waals surface area (Å²) >= 11 is 0. The summed E-state index contributed by atoms with van der Waals surface area (Å²) in [6.07, 6.45) is 1.60. The Morgan fingerprint density at radius 3 is 2.57 bits per heavy atom. The average molecular weight is 295 g/mol. The molecule has 0 aliphatic carbocycles. The number of halogens is 1. The van der Waals surface area contributed by atoms with Crippen LogP contribution in [0.15, 0.2) is 18.3 Å². The lowest BCUT2D eigenvalue weighted by Crippen LogP contribution is -2.49. The molecule has 0 bridgehead atoms. The smallest absolute Gasteiger partial charge is 0.306 e. The second-order valence-corrected chi connectivity index (χ2v) is 4.83. The quantitative estimate of drug-likeness (QED) is 0.599. The molecule has 1 aromatic heterocycles. The van der Waals surface area contributed by atoms with Gasteiger partial charge in [0.1, 0.15) is 0 Å². The van der Waals surface area contributed by atoms with Gasteiger partial charge in [-0.05, 0) is 12.1 Å². The Morgan fingerprint density at radius 2 is 2.00 bits per heavy atom. The number of amides is 1. The van der Waals surface area contributed by atoms with Gasteiger partial charge in [-0.2, -0.15) is 4.39 Å². The highest BCUT2D eigenvalue weighted by Gasteiger charge is 2.22. The summed E-state index contributed by atoms with van der Waals surface area (Å²) in [5.74, 6) is -0.972. The zero-order chi connectivity index (χ0) is 15.2. The van der Waals surface area contributed by atoms with Gasteiger partial charge in [-0.15, -0.1) is 0 Å². The Labute approximate surface area is 122 Å². The Hall–Kier alpha value is -2.02. The molecule has 0 aromatic carbocycles. The normalized spacial score (nSPS) is 15.8. The minimum Gasteiger partial charge on any atom is -0.469 e. The van der Waals surface area contributed by atoms with E-state index < -0.39 is 5.95 Å². The highest BCUT2D eigenvalue weighted by atomic mass is 19.1. The van der Waals surface area contributed by atoms with E-state index >= 15 is 0 Å². The first kappa shape index (κ1) is 15.4. The number of hydrogen-bond acceptors (Lipinski definition) is 5. The minimum absolute atomic E-state index is 0.143. The molecule has 114 valence electrons. The van der Waals surface area contributed by atoms with Gasteiger partial charge >= 0.3 is 5.97 Å². The van der Waals surface area contributed by atoms with Crippen molar-refractivity contribution in [3.63, 3.8) is 0 Å². The standard InChI is InChI=1S/C14H18FN3O3/c1-21-13(19)4-5-17-6-8-18(9-7-17)14(20)11-2-3-12(15)16-10-11/h2-3,10H,4-9H2,1H3. The molecule has 1 aliphatic heterocycles. The van der Waals surface area contributed by atoms with Crippen LogP contribution in [0.5, 0.6) is 0 Å². The number of pyridine rings is 1. The molecule has 0 radical (unpaired) electrons. The van der Waals surface area contributed by atoms with Crippen molar-refractivity contribution in [1.29, 1.82) is 0 Å². The Morgan fingerprint density at radius 1 is 1.29 bits per heavy atom. The van der Waals surface area contributed by atoms with E-state index in [0.717, 1.165) is 0 Å². The summed E-state index contributed by atoms with van der Waals surface area (Å²) in [7, 11) is 1.37. The van der Waals surface area contributed by atoms with E-state index in [-0.39, 0.29) is 11.9 Å². The maximum absolute atomic E-state index is 12.7. The van der Waals surface area contributed by atoms with Gasteiger partial charge in [-0.1, -0.05) is 0 Å². The van der Waals surface area contributed by atoms with Crippen LogP contribution in [-0.2, 0) is 9.53 Å². The molecule has 2 rings (SSSR count). The number of carbonyl (C=O) groups is 2. The van der Waals surface area contributed by atoms with Crippen molar-refractivity contribution in [1.82, 2.24) is 14.8 Å². The maximum atomic E-state index is 12.7. The van der Waals surface area contributed by atoms with E-state index in [4.69, 9.17) is 0 Å². The van der Waals surface area contributed by atoms with Crippen LogP contribution in [0.1, 0.15) is 16.8 Å². The Balaban J connectivity index is 1.82. The summed E-state index contributed by atoms with van der Waals surface area (Å²) in [6.45, 7) is 3.20. The predicted molar refractivity (Wildman–Crippen MR) is 73.2 cm³/mol. The molecule has 21 heavy (non-hydrogen) atoms. The van der Waals surface area contributed by atoms with Crippen LogP contribution in [0.3, 0.4) is 0 Å². The van der Waals surface area contributed by atoms with Gasteiger partial charge in [0.2, 0.25) is 5.95 Å². The van der Waals surface area contributed by atoms with Crippen molar-refractivity contribution in [2.24, 2.45) is 0 Å². The number of methoxy groups -OCH3 is 1. The largest absolute Gasteiger partial charge is 0.469 e. The molecule has 0 unspecified atom stereocenters. The highest BCUT2D eigenvalue weighted by Crippen LogP contribution is 2.09. The van der Waals surface area contributed by atoms with E-state index in [1.165, 1.54) is 25.4 Å². The third kappa shape index (κ3) is 4.22. The molecular formula is C14H18FN3O3. The van der Waals surface area contributed by atoms with Crippen molar-refractivity contribution in [3.8, 4) is 0 Å². The van der Waals surface area contributed by atoms with Crippen molar-refractivity contribution in [3.05, 3.63) is 29.8 Å². The monoisotopic (exact) mass is 295 g/mol. The topological polar surface area (TPSA) is 62.7 Å². The number of ether oxygens (including phenoxy) is 1. The third-order valence-electron chi connectivity index (χ3n) is 3.49. The average Bonchev–Trinajstić information content (AvgIpc) is 2.53. The highest BCUT2D eigenvalue weighted by molar-refractivity contribution is 5.93. The van der Waals surface area contributed by atoms with Crippen molar-refractivity contribution in [2.45, 2.75) is 6.42 Å². The van der Waals surface area contributed by atoms with Crippen LogP contribution in [0, 0.1) is 5.95 Å². The molecule has 1 aliphatic rings. The lowest BCUT2D eigenvalue weighted by Gasteiger charge is -2.34. The van der Waals surface area contributed by atoms with E-state index in [9.17, 15) is 14.0 Å². The summed E-state index contributed by atoms with van der Waals surface area (Å²) in [5.41, 5.74) is 0.388. The predicted octanol–water partition coefficient (Wildman–Crippen LogP) is 0.542. The lowest BCUT2D eigenvalue weighted by atomic mass is 10.2. The van der Waals surface area contributed by atoms with Crippen LogP contribution in [0.2, 0.25) is 0 Å². The first-order valence-corrected chi connectivity index (χ1v) is 6.80. The van der Waals surface area contributed by atoms with Gasteiger partial charge < -0.3 is 9.64 Å². The first-order chi connectivity index (χ1) is 10.1. The molecule has 0 atom stereocenters. The van der Waals surface area contributed by atoms with E-state index in [0.29, 0.717) is 44.7 Å². The van der Waals surface area contributed by atoms with Gasteiger partial charge in [0.25, 0.3) is 5.91 Å². The van der Waals surface area contributed by atoms with Crippen LogP contribution in [-0.4, -0.2) is 66.5 Å². The fourth-order valence-electron chi connectivity index (χ4n) is 2.21. The summed E-state index contributed by atoms with van der Waals surface area (Å²) in [4.78, 5) is 30.6. The molecule has 7 heteroatoms. The zero-order valence-corrected chi connectivity index (χ0v) is 11.9. The molecule has 6 nitrogen and oxygen atoms in total. The molecule has 0 N–H and O–H groups in total. The second-order valence-electron chi connectivity index (χ2n) is 4.83. The van der Waals surface area contributed by atoms with Crippen molar-refractivity contribution in [2.75, 3.05) is 39.8 Å². The number of hydrogen-bond donors (Lipinski definition) is 0. The lowest BCUT2D eigenvalue weighted by molar-refractivity contribution is -0.141. The first-order valence-electron chi connectivity index (χ1n) is 6.80. The zero-order valence-electron chi connectivity index (χ0n) is 11.9. The molecule has 1 aromatic rings. The molecule has 1 saturated heterocycles. The Bertz CT molecular complexity index is 499. The van der Waals surface area contributed by atoms with Gasteiger partial charge in [0.15, 0.2) is 0 Å². The number of esters is 1. The van der Waals surface area contributed by atoms with Crippen LogP contribution in [0.4, 0.5) is 4.39 Å². The molecule has 0 saturated carbocycles. The molecule has 1 fully saturated rings. The van der Waals surface area contributed by atoms with Gasteiger partial charge in [-0.3, -0.25) is 14.5 Å². The fraction of sp³-hybridized carbons (Fsp3) is 0.500. The van der Waals surface area contributed by atoms with Crippen LogP contribution in [0.25, 0.3) is 0 Å². The number of nitrogens with zero attached hydrogens (tertiary/aromatic N) is 3. The van der Waals surface area contributed by atoms with E-state index in [1.54, 1.807) is 4.90 Å². The molecule has 2 heterocycles. The number of aromatic nitrogens is 1. The van der Waals surface area contributed by atoms with Crippen molar-refractivity contribution < 1.29 is 18.7 Å². The SMILES string of the molecule is COC(=O)CCN1CCN(C(=O)c2ccc(F)nc2)CC1. The van der Waals surface area contributed by atoms with E-state index in [2.05, 4.69) is 14.6 Å². The summed E-state index contributed by atoms with van der Waals surface area (Å²) in [5, 5.41) is 0. The van der Waals surface area contributed by atoms with Crippen molar-refractivity contribution >= 4 is 11.9 Å².